The Morgan fingerprint density at radius 2 is 2.08 bits per heavy atom. The van der Waals surface area contributed by atoms with Crippen molar-refractivity contribution in [3.63, 3.8) is 0 Å². The number of benzene rings is 1. The lowest BCUT2D eigenvalue weighted by Gasteiger charge is -2.10. The molecule has 0 saturated heterocycles. The van der Waals surface area contributed by atoms with Gasteiger partial charge in [-0.15, -0.1) is 10.2 Å². The number of carbonyl (C=O) groups is 1. The zero-order chi connectivity index (χ0) is 18.4. The molecule has 11 heteroatoms. The fourth-order valence-electron chi connectivity index (χ4n) is 1.86. The Morgan fingerprint density at radius 3 is 2.72 bits per heavy atom. The number of hydrogen-bond donors (Lipinski definition) is 1. The summed E-state index contributed by atoms with van der Waals surface area (Å²) in [6, 6.07) is 4.65. The van der Waals surface area contributed by atoms with Crippen molar-refractivity contribution in [2.24, 2.45) is 0 Å². The summed E-state index contributed by atoms with van der Waals surface area (Å²) >= 11 is 2.17. The lowest BCUT2D eigenvalue weighted by Crippen LogP contribution is -2.13. The first-order valence-corrected chi connectivity index (χ1v) is 10.4. The summed E-state index contributed by atoms with van der Waals surface area (Å²) in [5, 5.41) is 7.75. The molecule has 0 spiro atoms. The number of hydrogen-bond acceptors (Lipinski definition) is 9. The van der Waals surface area contributed by atoms with Crippen molar-refractivity contribution < 1.29 is 22.7 Å². The van der Waals surface area contributed by atoms with E-state index in [0.29, 0.717) is 16.5 Å². The van der Waals surface area contributed by atoms with Crippen molar-refractivity contribution in [1.82, 2.24) is 10.2 Å². The van der Waals surface area contributed by atoms with E-state index < -0.39 is 16.0 Å². The van der Waals surface area contributed by atoms with Crippen molar-refractivity contribution in [3.05, 3.63) is 23.8 Å². The quantitative estimate of drug-likeness (QED) is 0.528. The molecule has 25 heavy (non-hydrogen) atoms. The van der Waals surface area contributed by atoms with Crippen LogP contribution in [0.15, 0.2) is 27.4 Å². The molecular formula is C14H17N3O5S3. The molecule has 0 unspecified atom stereocenters. The number of sulfonamides is 1. The summed E-state index contributed by atoms with van der Waals surface area (Å²) < 4.78 is 37.6. The second kappa shape index (κ2) is 8.50. The number of rotatable bonds is 8. The number of ether oxygens (including phenoxy) is 2. The second-order valence-corrected chi connectivity index (χ2v) is 8.55. The van der Waals surface area contributed by atoms with E-state index in [-0.39, 0.29) is 15.8 Å². The van der Waals surface area contributed by atoms with E-state index in [1.807, 2.05) is 6.92 Å². The largest absolute Gasteiger partial charge is 0.496 e. The highest BCUT2D eigenvalue weighted by atomic mass is 32.2. The number of anilines is 1. The molecule has 1 N–H and O–H groups in total. The number of aromatic nitrogens is 2. The van der Waals surface area contributed by atoms with Crippen LogP contribution in [0.2, 0.25) is 0 Å². The molecule has 0 aliphatic heterocycles. The van der Waals surface area contributed by atoms with Crippen LogP contribution in [0.4, 0.5) is 5.13 Å². The third-order valence-corrected chi connectivity index (χ3v) is 6.52. The summed E-state index contributed by atoms with van der Waals surface area (Å²) in [7, 11) is -0.961. The van der Waals surface area contributed by atoms with Crippen molar-refractivity contribution in [2.45, 2.75) is 22.6 Å². The van der Waals surface area contributed by atoms with Crippen LogP contribution in [0.1, 0.15) is 12.5 Å². The van der Waals surface area contributed by atoms with Crippen LogP contribution >= 0.6 is 23.1 Å². The molecule has 2 rings (SSSR count). The van der Waals surface area contributed by atoms with Gasteiger partial charge in [-0.25, -0.2) is 8.42 Å². The second-order valence-electron chi connectivity index (χ2n) is 4.67. The molecule has 0 amide bonds. The highest BCUT2D eigenvalue weighted by Crippen LogP contribution is 2.28. The van der Waals surface area contributed by atoms with Crippen molar-refractivity contribution >= 4 is 44.2 Å². The zero-order valence-electron chi connectivity index (χ0n) is 13.8. The topological polar surface area (TPSA) is 107 Å². The minimum absolute atomic E-state index is 0.0796. The predicted octanol–water partition coefficient (Wildman–Crippen LogP) is 2.17. The van der Waals surface area contributed by atoms with Crippen LogP contribution < -0.4 is 9.46 Å². The van der Waals surface area contributed by atoms with Gasteiger partial charge in [-0.2, -0.15) is 0 Å². The Balaban J connectivity index is 2.14. The van der Waals surface area contributed by atoms with Gasteiger partial charge in [-0.05, 0) is 30.2 Å². The van der Waals surface area contributed by atoms with Gasteiger partial charge in [-0.1, -0.05) is 30.0 Å². The van der Waals surface area contributed by atoms with E-state index in [1.54, 1.807) is 12.1 Å². The molecule has 0 atom stereocenters. The number of thioether (sulfide) groups is 1. The molecule has 0 radical (unpaired) electrons. The van der Waals surface area contributed by atoms with Gasteiger partial charge >= 0.3 is 5.97 Å². The zero-order valence-corrected chi connectivity index (χ0v) is 16.3. The fraction of sp³-hybridized carbons (Fsp3) is 0.357. The third kappa shape index (κ3) is 5.06. The Bertz CT molecular complexity index is 851. The minimum atomic E-state index is -3.79. The van der Waals surface area contributed by atoms with E-state index in [2.05, 4.69) is 19.7 Å². The standard InChI is InChI=1S/C14H17N3O5S3/c1-4-9-7-10(5-6-11(9)21-2)25(19,20)17-13-15-16-14(24-13)23-8-12(18)22-3/h5-7H,4,8H2,1-3H3,(H,15,17). The van der Waals surface area contributed by atoms with Gasteiger partial charge in [0.05, 0.1) is 24.9 Å². The van der Waals surface area contributed by atoms with Gasteiger partial charge in [0.15, 0.2) is 4.34 Å². The van der Waals surface area contributed by atoms with Gasteiger partial charge in [0.2, 0.25) is 5.13 Å². The maximum atomic E-state index is 12.5. The molecule has 136 valence electrons. The molecule has 0 aliphatic rings. The van der Waals surface area contributed by atoms with Crippen molar-refractivity contribution in [2.75, 3.05) is 24.7 Å². The van der Waals surface area contributed by atoms with E-state index in [9.17, 15) is 13.2 Å². The molecule has 1 aromatic heterocycles. The first kappa shape index (κ1) is 19.5. The van der Waals surface area contributed by atoms with Crippen LogP contribution in [-0.2, 0) is 26.0 Å². The van der Waals surface area contributed by atoms with Gasteiger partial charge in [0.25, 0.3) is 10.0 Å². The summed E-state index contributed by atoms with van der Waals surface area (Å²) in [5.74, 6) is 0.322. The number of aryl methyl sites for hydroxylation is 1. The van der Waals surface area contributed by atoms with Crippen LogP contribution in [0.5, 0.6) is 5.75 Å². The highest BCUT2D eigenvalue weighted by Gasteiger charge is 2.19. The SMILES string of the molecule is CCc1cc(S(=O)(=O)Nc2nnc(SCC(=O)OC)s2)ccc1OC. The normalized spacial score (nSPS) is 11.2. The summed E-state index contributed by atoms with van der Waals surface area (Å²) in [6.45, 7) is 1.91. The molecular weight excluding hydrogens is 386 g/mol. The van der Waals surface area contributed by atoms with Crippen LogP contribution in [0, 0.1) is 0 Å². The van der Waals surface area contributed by atoms with Crippen LogP contribution in [0.25, 0.3) is 0 Å². The summed E-state index contributed by atoms with van der Waals surface area (Å²) in [5.41, 5.74) is 0.789. The molecule has 0 saturated carbocycles. The van der Waals surface area contributed by atoms with Crippen LogP contribution in [-0.4, -0.2) is 44.6 Å². The number of nitrogens with zero attached hydrogens (tertiary/aromatic N) is 2. The molecule has 0 fully saturated rings. The fourth-order valence-corrected chi connectivity index (χ4v) is 4.73. The number of methoxy groups -OCH3 is 2. The Labute approximate surface area is 154 Å². The third-order valence-electron chi connectivity index (χ3n) is 3.11. The minimum Gasteiger partial charge on any atom is -0.496 e. The number of nitrogens with one attached hydrogen (secondary N) is 1. The Kier molecular flexibility index (Phi) is 6.62. The first-order valence-electron chi connectivity index (χ1n) is 7.12. The average Bonchev–Trinajstić information content (AvgIpc) is 3.05. The number of carbonyl (C=O) groups excluding carboxylic acids is 1. The van der Waals surface area contributed by atoms with E-state index >= 15 is 0 Å². The Morgan fingerprint density at radius 1 is 1.32 bits per heavy atom. The lowest BCUT2D eigenvalue weighted by molar-refractivity contribution is -0.137. The maximum Gasteiger partial charge on any atom is 0.316 e. The van der Waals surface area contributed by atoms with E-state index in [1.165, 1.54) is 20.3 Å². The molecule has 1 heterocycles. The summed E-state index contributed by atoms with van der Waals surface area (Å²) in [4.78, 5) is 11.2. The molecule has 2 aromatic rings. The van der Waals surface area contributed by atoms with Crippen LogP contribution in [0.3, 0.4) is 0 Å². The average molecular weight is 404 g/mol. The number of esters is 1. The predicted molar refractivity (Wildman–Crippen MR) is 95.8 cm³/mol. The summed E-state index contributed by atoms with van der Waals surface area (Å²) in [6.07, 6.45) is 0.639. The smallest absolute Gasteiger partial charge is 0.316 e. The molecule has 1 aromatic carbocycles. The van der Waals surface area contributed by atoms with Crippen molar-refractivity contribution in [3.8, 4) is 5.75 Å². The monoisotopic (exact) mass is 403 g/mol. The molecule has 0 aliphatic carbocycles. The van der Waals surface area contributed by atoms with Gasteiger partial charge in [-0.3, -0.25) is 9.52 Å². The van der Waals surface area contributed by atoms with Crippen molar-refractivity contribution in [1.29, 1.82) is 0 Å². The first-order chi connectivity index (χ1) is 11.9. The van der Waals surface area contributed by atoms with Gasteiger partial charge in [0, 0.05) is 0 Å². The maximum absolute atomic E-state index is 12.5. The van der Waals surface area contributed by atoms with E-state index in [4.69, 9.17) is 4.74 Å². The lowest BCUT2D eigenvalue weighted by atomic mass is 10.1. The van der Waals surface area contributed by atoms with E-state index in [0.717, 1.165) is 28.7 Å². The molecule has 0 bridgehead atoms. The van der Waals surface area contributed by atoms with Gasteiger partial charge in [0.1, 0.15) is 5.75 Å². The Hall–Kier alpha value is -1.85. The highest BCUT2D eigenvalue weighted by molar-refractivity contribution is 8.01. The van der Waals surface area contributed by atoms with Gasteiger partial charge < -0.3 is 9.47 Å². The molecule has 8 nitrogen and oxygen atoms in total.